The summed E-state index contributed by atoms with van der Waals surface area (Å²) in [7, 11) is 1.61. The monoisotopic (exact) mass is 327 g/mol. The molecule has 23 heavy (non-hydrogen) atoms. The number of nitrogens with zero attached hydrogens (tertiary/aromatic N) is 3. The maximum atomic E-state index is 10.0. The lowest BCUT2D eigenvalue weighted by molar-refractivity contribution is 0.415. The highest BCUT2D eigenvalue weighted by molar-refractivity contribution is 6.16. The smallest absolute Gasteiger partial charge is 0.167 e. The zero-order chi connectivity index (χ0) is 16.2. The Hall–Kier alpha value is -2.66. The van der Waals surface area contributed by atoms with E-state index in [0.717, 1.165) is 11.3 Å². The number of phenols is 1. The van der Waals surface area contributed by atoms with E-state index in [1.54, 1.807) is 25.3 Å². The lowest BCUT2D eigenvalue weighted by atomic mass is 10.1. The van der Waals surface area contributed by atoms with Crippen molar-refractivity contribution < 1.29 is 9.84 Å². The van der Waals surface area contributed by atoms with Gasteiger partial charge in [-0.05, 0) is 36.4 Å². The van der Waals surface area contributed by atoms with Gasteiger partial charge in [0.25, 0.3) is 0 Å². The molecule has 5 nitrogen and oxygen atoms in total. The maximum absolute atomic E-state index is 10.0. The summed E-state index contributed by atoms with van der Waals surface area (Å²) in [5.41, 5.74) is 1.35. The number of aromatic hydroxyl groups is 1. The van der Waals surface area contributed by atoms with E-state index in [-0.39, 0.29) is 11.6 Å². The third-order valence-corrected chi connectivity index (χ3v) is 3.53. The molecule has 0 radical (unpaired) electrons. The molecule has 0 atom stereocenters. The fourth-order valence-electron chi connectivity index (χ4n) is 2.13. The van der Waals surface area contributed by atoms with Crippen molar-refractivity contribution in [2.75, 3.05) is 7.11 Å². The molecule has 0 aliphatic carbocycles. The molecular formula is C17H14ClN3O2. The van der Waals surface area contributed by atoms with Crippen LogP contribution in [0.4, 0.5) is 0 Å². The fraction of sp³-hybridized carbons (Fsp3) is 0.118. The molecule has 1 N–H and O–H groups in total. The normalized spacial score (nSPS) is 10.5. The van der Waals surface area contributed by atoms with Gasteiger partial charge in [0.05, 0.1) is 18.6 Å². The van der Waals surface area contributed by atoms with E-state index in [1.807, 2.05) is 30.3 Å². The van der Waals surface area contributed by atoms with E-state index in [2.05, 4.69) is 15.0 Å². The maximum Gasteiger partial charge on any atom is 0.167 e. The molecular weight excluding hydrogens is 314 g/mol. The van der Waals surface area contributed by atoms with Gasteiger partial charge in [0.15, 0.2) is 11.6 Å². The number of benzene rings is 2. The second-order valence-electron chi connectivity index (χ2n) is 4.78. The zero-order valence-electron chi connectivity index (χ0n) is 12.4. The first-order valence-electron chi connectivity index (χ1n) is 6.95. The highest BCUT2D eigenvalue weighted by Crippen LogP contribution is 2.28. The number of alkyl halides is 1. The quantitative estimate of drug-likeness (QED) is 0.741. The molecule has 0 amide bonds. The molecule has 1 aromatic heterocycles. The highest BCUT2D eigenvalue weighted by Gasteiger charge is 2.12. The summed E-state index contributed by atoms with van der Waals surface area (Å²) >= 11 is 5.90. The van der Waals surface area contributed by atoms with Crippen LogP contribution in [-0.4, -0.2) is 27.2 Å². The molecule has 0 unspecified atom stereocenters. The SMILES string of the molecule is COc1ccc(-c2nc(CCl)nc(-c3ccccc3O)n2)cc1. The summed E-state index contributed by atoms with van der Waals surface area (Å²) in [5, 5.41) is 10.0. The first kappa shape index (κ1) is 15.2. The van der Waals surface area contributed by atoms with Crippen LogP contribution < -0.4 is 4.74 Å². The minimum atomic E-state index is 0.111. The van der Waals surface area contributed by atoms with Gasteiger partial charge in [-0.2, -0.15) is 0 Å². The third-order valence-electron chi connectivity index (χ3n) is 3.29. The van der Waals surface area contributed by atoms with Crippen LogP contribution in [0, 0.1) is 0 Å². The van der Waals surface area contributed by atoms with Crippen LogP contribution >= 0.6 is 11.6 Å². The Labute approximate surface area is 138 Å². The molecule has 3 aromatic rings. The van der Waals surface area contributed by atoms with Crippen molar-refractivity contribution in [3.8, 4) is 34.3 Å². The largest absolute Gasteiger partial charge is 0.507 e. The Morgan fingerprint density at radius 1 is 0.957 bits per heavy atom. The van der Waals surface area contributed by atoms with Crippen molar-refractivity contribution in [3.63, 3.8) is 0 Å². The van der Waals surface area contributed by atoms with E-state index in [1.165, 1.54) is 0 Å². The van der Waals surface area contributed by atoms with Crippen LogP contribution in [0.2, 0.25) is 0 Å². The predicted molar refractivity (Wildman–Crippen MR) is 88.5 cm³/mol. The van der Waals surface area contributed by atoms with Crippen molar-refractivity contribution in [1.82, 2.24) is 15.0 Å². The fourth-order valence-corrected chi connectivity index (χ4v) is 2.25. The number of aromatic nitrogens is 3. The van der Waals surface area contributed by atoms with Crippen LogP contribution in [0.15, 0.2) is 48.5 Å². The van der Waals surface area contributed by atoms with Gasteiger partial charge < -0.3 is 9.84 Å². The molecule has 116 valence electrons. The molecule has 6 heteroatoms. The van der Waals surface area contributed by atoms with Gasteiger partial charge in [-0.25, -0.2) is 15.0 Å². The molecule has 0 bridgehead atoms. The summed E-state index contributed by atoms with van der Waals surface area (Å²) in [5.74, 6) is 2.36. The lowest BCUT2D eigenvalue weighted by Crippen LogP contribution is -2.01. The standard InChI is InChI=1S/C17H14ClN3O2/c1-23-12-8-6-11(7-9-12)16-19-15(10-18)20-17(21-16)13-4-2-3-5-14(13)22/h2-9,22H,10H2,1H3. The number of phenolic OH excluding ortho intramolecular Hbond substituents is 1. The Balaban J connectivity index is 2.10. The van der Waals surface area contributed by atoms with E-state index in [0.29, 0.717) is 23.0 Å². The van der Waals surface area contributed by atoms with Crippen LogP contribution in [0.3, 0.4) is 0 Å². The van der Waals surface area contributed by atoms with Gasteiger partial charge in [0.2, 0.25) is 0 Å². The van der Waals surface area contributed by atoms with Gasteiger partial charge in [0, 0.05) is 5.56 Å². The van der Waals surface area contributed by atoms with Crippen LogP contribution in [0.5, 0.6) is 11.5 Å². The molecule has 0 fully saturated rings. The van der Waals surface area contributed by atoms with Crippen molar-refractivity contribution in [1.29, 1.82) is 0 Å². The first-order valence-corrected chi connectivity index (χ1v) is 7.48. The summed E-state index contributed by atoms with van der Waals surface area (Å²) in [6.45, 7) is 0. The summed E-state index contributed by atoms with van der Waals surface area (Å²) in [6.07, 6.45) is 0. The molecule has 0 saturated carbocycles. The number of hydrogen-bond acceptors (Lipinski definition) is 5. The van der Waals surface area contributed by atoms with Crippen LogP contribution in [-0.2, 0) is 5.88 Å². The van der Waals surface area contributed by atoms with Crippen molar-refractivity contribution in [3.05, 3.63) is 54.4 Å². The number of methoxy groups -OCH3 is 1. The molecule has 0 saturated heterocycles. The Morgan fingerprint density at radius 2 is 1.65 bits per heavy atom. The predicted octanol–water partition coefficient (Wildman–Crippen LogP) is 3.66. The summed E-state index contributed by atoms with van der Waals surface area (Å²) in [6, 6.07) is 14.3. The van der Waals surface area contributed by atoms with Gasteiger partial charge in [-0.15, -0.1) is 11.6 Å². The molecule has 0 spiro atoms. The van der Waals surface area contributed by atoms with Gasteiger partial charge in [0.1, 0.15) is 17.3 Å². The second-order valence-corrected chi connectivity index (χ2v) is 5.05. The van der Waals surface area contributed by atoms with Crippen molar-refractivity contribution in [2.45, 2.75) is 5.88 Å². The molecule has 3 rings (SSSR count). The van der Waals surface area contributed by atoms with E-state index < -0.39 is 0 Å². The van der Waals surface area contributed by atoms with Gasteiger partial charge >= 0.3 is 0 Å². The number of hydrogen-bond donors (Lipinski definition) is 1. The second kappa shape index (κ2) is 6.62. The number of ether oxygens (including phenoxy) is 1. The number of halogens is 1. The lowest BCUT2D eigenvalue weighted by Gasteiger charge is -2.08. The average Bonchev–Trinajstić information content (AvgIpc) is 2.61. The molecule has 2 aromatic carbocycles. The summed E-state index contributed by atoms with van der Waals surface area (Å²) < 4.78 is 5.15. The van der Waals surface area contributed by atoms with Gasteiger partial charge in [-0.3, -0.25) is 0 Å². The summed E-state index contributed by atoms with van der Waals surface area (Å²) in [4.78, 5) is 13.1. The molecule has 1 heterocycles. The molecule has 0 aliphatic heterocycles. The minimum Gasteiger partial charge on any atom is -0.507 e. The highest BCUT2D eigenvalue weighted by atomic mass is 35.5. The Kier molecular flexibility index (Phi) is 4.39. The zero-order valence-corrected chi connectivity index (χ0v) is 13.2. The van der Waals surface area contributed by atoms with Crippen molar-refractivity contribution in [2.24, 2.45) is 0 Å². The minimum absolute atomic E-state index is 0.111. The van der Waals surface area contributed by atoms with E-state index in [9.17, 15) is 5.11 Å². The first-order chi connectivity index (χ1) is 11.2. The van der Waals surface area contributed by atoms with E-state index >= 15 is 0 Å². The van der Waals surface area contributed by atoms with E-state index in [4.69, 9.17) is 16.3 Å². The molecule has 0 aliphatic rings. The number of para-hydroxylation sites is 1. The number of rotatable bonds is 4. The average molecular weight is 328 g/mol. The van der Waals surface area contributed by atoms with Gasteiger partial charge in [-0.1, -0.05) is 12.1 Å². The topological polar surface area (TPSA) is 68.1 Å². The Morgan fingerprint density at radius 3 is 2.30 bits per heavy atom. The third kappa shape index (κ3) is 3.24. The van der Waals surface area contributed by atoms with Crippen molar-refractivity contribution >= 4 is 11.6 Å². The van der Waals surface area contributed by atoms with Crippen LogP contribution in [0.25, 0.3) is 22.8 Å². The van der Waals surface area contributed by atoms with Crippen LogP contribution in [0.1, 0.15) is 5.82 Å². The Bertz CT molecular complexity index is 822.